The molecule has 0 saturated carbocycles. The van der Waals surface area contributed by atoms with Crippen LogP contribution < -0.4 is 16.6 Å². The van der Waals surface area contributed by atoms with Gasteiger partial charge in [-0.1, -0.05) is 55.5 Å². The number of aliphatic carboxylic acids is 1. The third-order valence-electron chi connectivity index (χ3n) is 7.05. The predicted molar refractivity (Wildman–Crippen MR) is 149 cm³/mol. The van der Waals surface area contributed by atoms with Gasteiger partial charge in [-0.05, 0) is 65.3 Å². The summed E-state index contributed by atoms with van der Waals surface area (Å²) in [5.41, 5.74) is 14.5. The molecule has 0 spiro atoms. The number of amides is 1. The Morgan fingerprint density at radius 1 is 0.973 bits per heavy atom. The Balaban J connectivity index is 1.97. The fourth-order valence-electron chi connectivity index (χ4n) is 4.66. The number of carboxylic acid groups (broad SMARTS) is 1. The number of hydrogen-bond donors (Lipinski definition) is 3. The van der Waals surface area contributed by atoms with E-state index in [4.69, 9.17) is 11.6 Å². The number of carbonyl (C=O) groups is 2. The fourth-order valence-corrected chi connectivity index (χ4v) is 4.66. The Bertz CT molecular complexity index is 1270. The number of carbonyl (C=O) groups excluding carboxylic acids is 1. The second-order valence-corrected chi connectivity index (χ2v) is 9.70. The Kier molecular flexibility index (Phi) is 8.95. The molecule has 3 aromatic rings. The maximum absolute atomic E-state index is 12.6. The molecule has 0 radical (unpaired) electrons. The van der Waals surface area contributed by atoms with Crippen LogP contribution in [0.25, 0.3) is 0 Å². The first-order chi connectivity index (χ1) is 17.5. The van der Waals surface area contributed by atoms with Gasteiger partial charge < -0.3 is 20.7 Å². The third-order valence-corrected chi connectivity index (χ3v) is 7.05. The first-order valence-electron chi connectivity index (χ1n) is 12.5. The van der Waals surface area contributed by atoms with Gasteiger partial charge in [0.25, 0.3) is 0 Å². The molecule has 3 rings (SSSR count). The van der Waals surface area contributed by atoms with Crippen molar-refractivity contribution in [1.29, 1.82) is 0 Å². The van der Waals surface area contributed by atoms with E-state index in [-0.39, 0.29) is 12.3 Å². The number of hydrazine groups is 1. The van der Waals surface area contributed by atoms with Crippen LogP contribution in [-0.2, 0) is 29.1 Å². The number of benzene rings is 3. The zero-order valence-corrected chi connectivity index (χ0v) is 22.4. The number of anilines is 2. The third kappa shape index (κ3) is 6.68. The zero-order chi connectivity index (χ0) is 27.3. The van der Waals surface area contributed by atoms with E-state index in [9.17, 15) is 14.7 Å². The number of nitrogens with zero attached hydrogens (tertiary/aromatic N) is 2. The predicted octanol–water partition coefficient (Wildman–Crippen LogP) is 4.91. The van der Waals surface area contributed by atoms with Crippen LogP contribution >= 0.6 is 0 Å². The molecule has 1 unspecified atom stereocenters. The molecule has 0 saturated heterocycles. The number of nitrogen functional groups attached to an aromatic ring is 1. The van der Waals surface area contributed by atoms with Gasteiger partial charge in [0.05, 0.1) is 17.8 Å². The molecule has 37 heavy (non-hydrogen) atoms. The maximum Gasteiger partial charge on any atom is 0.304 e. The van der Waals surface area contributed by atoms with Gasteiger partial charge in [-0.2, -0.15) is 0 Å². The fraction of sp³-hybridized carbons (Fsp3) is 0.333. The maximum atomic E-state index is 12.6. The molecule has 0 heterocycles. The average molecular weight is 503 g/mol. The molecular formula is C30H38N4O3. The molecule has 0 bridgehead atoms. The minimum Gasteiger partial charge on any atom is -0.481 e. The van der Waals surface area contributed by atoms with E-state index >= 15 is 0 Å². The lowest BCUT2D eigenvalue weighted by atomic mass is 9.84. The summed E-state index contributed by atoms with van der Waals surface area (Å²) in [7, 11) is 1.71. The minimum absolute atomic E-state index is 0.0171. The van der Waals surface area contributed by atoms with E-state index in [0.29, 0.717) is 24.5 Å². The lowest BCUT2D eigenvalue weighted by molar-refractivity contribution is -0.137. The Labute approximate surface area is 219 Å². The van der Waals surface area contributed by atoms with Crippen molar-refractivity contribution >= 4 is 23.3 Å². The van der Waals surface area contributed by atoms with Gasteiger partial charge in [-0.25, -0.2) is 5.84 Å². The first-order valence-corrected chi connectivity index (χ1v) is 12.5. The summed E-state index contributed by atoms with van der Waals surface area (Å²) in [5, 5.41) is 11.2. The van der Waals surface area contributed by atoms with Crippen LogP contribution in [0.2, 0.25) is 0 Å². The van der Waals surface area contributed by atoms with Crippen molar-refractivity contribution in [3.8, 4) is 0 Å². The minimum atomic E-state index is -0.897. The molecule has 7 heteroatoms. The van der Waals surface area contributed by atoms with Gasteiger partial charge in [0.2, 0.25) is 5.91 Å². The Morgan fingerprint density at radius 3 is 2.19 bits per heavy atom. The highest BCUT2D eigenvalue weighted by Gasteiger charge is 2.23. The highest BCUT2D eigenvalue weighted by molar-refractivity contribution is 5.75. The van der Waals surface area contributed by atoms with E-state index < -0.39 is 11.9 Å². The number of rotatable bonds is 10. The van der Waals surface area contributed by atoms with E-state index in [1.807, 2.05) is 49.1 Å². The summed E-state index contributed by atoms with van der Waals surface area (Å²) < 4.78 is 0. The molecule has 7 nitrogen and oxygen atoms in total. The van der Waals surface area contributed by atoms with Crippen molar-refractivity contribution in [2.45, 2.75) is 59.5 Å². The van der Waals surface area contributed by atoms with Crippen molar-refractivity contribution in [1.82, 2.24) is 4.90 Å². The van der Waals surface area contributed by atoms with Crippen LogP contribution in [0, 0.1) is 13.8 Å². The average Bonchev–Trinajstić information content (AvgIpc) is 2.85. The summed E-state index contributed by atoms with van der Waals surface area (Å²) in [6, 6.07) is 18.0. The molecule has 196 valence electrons. The molecule has 3 aromatic carbocycles. The standard InChI is InChI=1S/C30H38N4O3/c1-6-22-8-10-23(11-9-22)17-34(21(4)35)18-25-15-24(12-7-19(25)2)27(16-29(36)37)26-13-14-28(33(5)32)30(31)20(26)3/h7-15,27H,6,16-18,31-32H2,1-5H3,(H,36,37). The van der Waals surface area contributed by atoms with Crippen LogP contribution in [-0.4, -0.2) is 28.9 Å². The van der Waals surface area contributed by atoms with Crippen LogP contribution in [0.1, 0.15) is 65.1 Å². The molecule has 0 aliphatic carbocycles. The second-order valence-electron chi connectivity index (χ2n) is 9.70. The number of aryl methyl sites for hydroxylation is 2. The molecule has 5 N–H and O–H groups in total. The van der Waals surface area contributed by atoms with Crippen molar-refractivity contribution in [3.63, 3.8) is 0 Å². The summed E-state index contributed by atoms with van der Waals surface area (Å²) >= 11 is 0. The summed E-state index contributed by atoms with van der Waals surface area (Å²) in [6.07, 6.45) is 0.887. The highest BCUT2D eigenvalue weighted by Crippen LogP contribution is 2.37. The lowest BCUT2D eigenvalue weighted by Gasteiger charge is -2.25. The van der Waals surface area contributed by atoms with Gasteiger partial charge in [0, 0.05) is 33.0 Å². The summed E-state index contributed by atoms with van der Waals surface area (Å²) in [6.45, 7) is 8.53. The topological polar surface area (TPSA) is 113 Å². The smallest absolute Gasteiger partial charge is 0.304 e. The summed E-state index contributed by atoms with van der Waals surface area (Å²) in [4.78, 5) is 26.3. The van der Waals surface area contributed by atoms with Gasteiger partial charge in [-0.3, -0.25) is 9.59 Å². The van der Waals surface area contributed by atoms with Gasteiger partial charge in [0.1, 0.15) is 0 Å². The van der Waals surface area contributed by atoms with Gasteiger partial charge in [-0.15, -0.1) is 0 Å². The number of carboxylic acids is 1. The van der Waals surface area contributed by atoms with Crippen molar-refractivity contribution < 1.29 is 14.7 Å². The van der Waals surface area contributed by atoms with E-state index in [2.05, 4.69) is 31.2 Å². The van der Waals surface area contributed by atoms with E-state index in [1.54, 1.807) is 14.0 Å². The SMILES string of the molecule is CCc1ccc(CN(Cc2cc(C(CC(=O)O)c3ccc(N(C)N)c(N)c3C)ccc2C)C(C)=O)cc1. The highest BCUT2D eigenvalue weighted by atomic mass is 16.4. The van der Waals surface area contributed by atoms with E-state index in [0.717, 1.165) is 39.8 Å². The summed E-state index contributed by atoms with van der Waals surface area (Å²) in [5.74, 6) is 4.59. The monoisotopic (exact) mass is 502 g/mol. The molecule has 0 aliphatic heterocycles. The molecule has 0 fully saturated rings. The molecule has 0 aromatic heterocycles. The zero-order valence-electron chi connectivity index (χ0n) is 22.4. The van der Waals surface area contributed by atoms with Gasteiger partial charge >= 0.3 is 5.97 Å². The lowest BCUT2D eigenvalue weighted by Crippen LogP contribution is -2.28. The molecular weight excluding hydrogens is 464 g/mol. The quantitative estimate of drug-likeness (QED) is 0.206. The second kappa shape index (κ2) is 11.9. The first kappa shape index (κ1) is 27.7. The Morgan fingerprint density at radius 2 is 1.62 bits per heavy atom. The molecule has 0 aliphatic rings. The van der Waals surface area contributed by atoms with Crippen LogP contribution in [0.5, 0.6) is 0 Å². The van der Waals surface area contributed by atoms with Gasteiger partial charge in [0.15, 0.2) is 0 Å². The normalized spacial score (nSPS) is 11.7. The van der Waals surface area contributed by atoms with Crippen molar-refractivity contribution in [3.05, 3.63) is 93.5 Å². The van der Waals surface area contributed by atoms with Crippen LogP contribution in [0.3, 0.4) is 0 Å². The van der Waals surface area contributed by atoms with Crippen LogP contribution in [0.15, 0.2) is 54.6 Å². The van der Waals surface area contributed by atoms with Crippen LogP contribution in [0.4, 0.5) is 11.4 Å². The number of hydrogen-bond acceptors (Lipinski definition) is 5. The molecule has 1 atom stereocenters. The number of nitrogens with two attached hydrogens (primary N) is 2. The van der Waals surface area contributed by atoms with Crippen molar-refractivity contribution in [2.75, 3.05) is 17.8 Å². The van der Waals surface area contributed by atoms with E-state index in [1.165, 1.54) is 10.6 Å². The Hall–Kier alpha value is -3.84. The molecule has 1 amide bonds. The van der Waals surface area contributed by atoms with Crippen molar-refractivity contribution in [2.24, 2.45) is 5.84 Å². The largest absolute Gasteiger partial charge is 0.481 e.